The van der Waals surface area contributed by atoms with Gasteiger partial charge in [0.25, 0.3) is 11.8 Å². The van der Waals surface area contributed by atoms with Gasteiger partial charge in [0.1, 0.15) is 34.5 Å². The van der Waals surface area contributed by atoms with Gasteiger partial charge in [-0.1, -0.05) is 36.4 Å². The maximum Gasteiger partial charge on any atom is 0.335 e. The summed E-state index contributed by atoms with van der Waals surface area (Å²) in [5.41, 5.74) is -1.82. The summed E-state index contributed by atoms with van der Waals surface area (Å²) in [6.45, 7) is 3.84. The van der Waals surface area contributed by atoms with Crippen molar-refractivity contribution in [1.82, 2.24) is 16.0 Å². The van der Waals surface area contributed by atoms with Gasteiger partial charge in [-0.05, 0) is 203 Å². The van der Waals surface area contributed by atoms with Gasteiger partial charge in [0.2, 0.25) is 0 Å². The minimum Gasteiger partial charge on any atom is -0.507 e. The molecule has 0 saturated heterocycles. The SMILES string of the molecule is O=C(O)c1cc2c(O)c(c1)Cc1cc(C(=O)N(O)c3ccccc3)cc3c1OCCCCNCCNCCNCCCCOc1c(cc(C(=O)N(O)c4ccccc4)cc1Cc1cc(C(=O)O)cc(c1O)Cc1cc(C(=O)O)cc(c1O)C3)Cc1cc(C(=O)O)cc(c1O)C2. The fourth-order valence-corrected chi connectivity index (χ4v) is 11.9. The van der Waals surface area contributed by atoms with E-state index in [0.29, 0.717) is 75.1 Å². The summed E-state index contributed by atoms with van der Waals surface area (Å²) in [7, 11) is 0. The highest BCUT2D eigenvalue weighted by Gasteiger charge is 2.29. The molecule has 2 amide bonds. The molecule has 1 aliphatic heterocycles. The van der Waals surface area contributed by atoms with E-state index in [1.807, 2.05) is 0 Å². The van der Waals surface area contributed by atoms with Gasteiger partial charge in [0.15, 0.2) is 0 Å². The van der Waals surface area contributed by atoms with Crippen molar-refractivity contribution in [3.05, 3.63) is 234 Å². The number of aromatic hydroxyl groups is 4. The molecule has 8 aromatic rings. The summed E-state index contributed by atoms with van der Waals surface area (Å²) in [6.07, 6.45) is -0.560. The Morgan fingerprint density at radius 3 is 0.800 bits per heavy atom. The van der Waals surface area contributed by atoms with Crippen LogP contribution in [0.15, 0.2) is 133 Å². The van der Waals surface area contributed by atoms with Crippen molar-refractivity contribution >= 4 is 47.1 Å². The van der Waals surface area contributed by atoms with Gasteiger partial charge in [-0.25, -0.2) is 19.2 Å². The normalized spacial score (nSPS) is 14.3. The van der Waals surface area contributed by atoms with Crippen LogP contribution in [0.1, 0.15) is 155 Å². The van der Waals surface area contributed by atoms with E-state index in [9.17, 15) is 80.0 Å². The third-order valence-electron chi connectivity index (χ3n) is 16.7. The standard InChI is InChI=1S/C72H71N5O18/c78-61-41-23-43-31-57(71(88)89)35-47(63(43)80)27-51-39-54(68(83)77(93)60-13-5-2-6-14-60)40-52-28-48-36-58(72(90)91)32-44(64(48)81)24-42-30-56(70(86)87)34-46(62(42)79)26-50-38-53(67(82)76(92)59-11-3-1-4-12-59)37-49(25-45(61)33-55(29-41)69(84)85)65(50)94-21-9-7-15-73-17-19-75-20-18-74-16-8-10-22-95-66(51)52/h1-6,11-14,29-40,73-75,78-81,92-93H,7-10,15-28H2,(H,84,85)(H,86,87)(H,88,89)(H,90,91). The number of anilines is 2. The summed E-state index contributed by atoms with van der Waals surface area (Å²) in [6, 6.07) is 30.5. The Labute approximate surface area is 545 Å². The van der Waals surface area contributed by atoms with Gasteiger partial charge in [0.05, 0.1) is 46.8 Å². The van der Waals surface area contributed by atoms with Crippen molar-refractivity contribution in [2.75, 3.05) is 62.6 Å². The lowest BCUT2D eigenvalue weighted by Gasteiger charge is -2.22. The second kappa shape index (κ2) is 30.3. The molecule has 10 rings (SSSR count). The van der Waals surface area contributed by atoms with Gasteiger partial charge in [-0.15, -0.1) is 0 Å². The number of rotatable bonds is 8. The number of phenolic OH excluding ortho intramolecular Hbond substituents is 4. The number of benzene rings is 8. The third kappa shape index (κ3) is 16.0. The summed E-state index contributed by atoms with van der Waals surface area (Å²) >= 11 is 0. The predicted molar refractivity (Wildman–Crippen MR) is 348 cm³/mol. The van der Waals surface area contributed by atoms with Crippen molar-refractivity contribution < 1.29 is 89.5 Å². The van der Waals surface area contributed by atoms with Crippen molar-refractivity contribution in [3.8, 4) is 34.5 Å². The fourth-order valence-electron chi connectivity index (χ4n) is 11.9. The smallest absolute Gasteiger partial charge is 0.335 e. The van der Waals surface area contributed by atoms with Crippen LogP contribution >= 0.6 is 0 Å². The number of nitrogens with one attached hydrogen (secondary N) is 3. The van der Waals surface area contributed by atoms with E-state index in [1.54, 1.807) is 36.4 Å². The number of hydrogen-bond acceptors (Lipinski definition) is 17. The quantitative estimate of drug-likeness (QED) is 0.0497. The summed E-state index contributed by atoms with van der Waals surface area (Å²) in [4.78, 5) is 82.0. The molecular formula is C72H71N5O18. The van der Waals surface area contributed by atoms with Gasteiger partial charge in [-0.3, -0.25) is 20.0 Å². The van der Waals surface area contributed by atoms with Crippen LogP contribution in [0.3, 0.4) is 0 Å². The number of hydroxylamine groups is 2. The molecular weight excluding hydrogens is 1220 g/mol. The first kappa shape index (κ1) is 67.1. The number of hydrogen-bond donors (Lipinski definition) is 13. The highest BCUT2D eigenvalue weighted by molar-refractivity contribution is 6.06. The van der Waals surface area contributed by atoms with Crippen LogP contribution in [0, 0.1) is 0 Å². The number of carbonyl (C=O) groups is 6. The highest BCUT2D eigenvalue weighted by atomic mass is 16.5. The molecule has 0 spiro atoms. The number of ether oxygens (including phenoxy) is 2. The van der Waals surface area contributed by atoms with Gasteiger partial charge >= 0.3 is 23.9 Å². The predicted octanol–water partition coefficient (Wildman–Crippen LogP) is 9.33. The van der Waals surface area contributed by atoms with Crippen molar-refractivity contribution in [2.24, 2.45) is 0 Å². The van der Waals surface area contributed by atoms with E-state index in [1.165, 1.54) is 72.8 Å². The largest absolute Gasteiger partial charge is 0.507 e. The number of amides is 2. The summed E-state index contributed by atoms with van der Waals surface area (Å²) in [5, 5.41) is 127. The molecule has 0 saturated carbocycles. The number of fused-ring (bicyclic) bond motifs is 4. The van der Waals surface area contributed by atoms with E-state index in [4.69, 9.17) is 9.47 Å². The first-order valence-corrected chi connectivity index (χ1v) is 30.9. The Hall–Kier alpha value is -10.8. The minimum absolute atomic E-state index is 0.0271. The van der Waals surface area contributed by atoms with E-state index >= 15 is 0 Å². The van der Waals surface area contributed by atoms with Crippen molar-refractivity contribution in [3.63, 3.8) is 0 Å². The molecule has 1 heterocycles. The molecule has 1 aliphatic carbocycles. The zero-order chi connectivity index (χ0) is 67.4. The second-order valence-corrected chi connectivity index (χ2v) is 23.4. The number of para-hydroxylation sites is 2. The Kier molecular flexibility index (Phi) is 21.4. The third-order valence-corrected chi connectivity index (χ3v) is 16.7. The first-order valence-electron chi connectivity index (χ1n) is 30.9. The molecule has 0 radical (unpaired) electrons. The molecule has 2 aliphatic rings. The van der Waals surface area contributed by atoms with E-state index < -0.39 is 97.2 Å². The molecule has 0 atom stereocenters. The molecule has 492 valence electrons. The van der Waals surface area contributed by atoms with Crippen LogP contribution in [0.4, 0.5) is 11.4 Å². The molecule has 0 unspecified atom stereocenters. The lowest BCUT2D eigenvalue weighted by molar-refractivity contribution is 0.0685. The van der Waals surface area contributed by atoms with Crippen LogP contribution in [0.2, 0.25) is 0 Å². The zero-order valence-electron chi connectivity index (χ0n) is 51.6. The van der Waals surface area contributed by atoms with Crippen molar-refractivity contribution in [2.45, 2.75) is 64.2 Å². The van der Waals surface area contributed by atoms with Crippen LogP contribution in [0.5, 0.6) is 34.5 Å². The Morgan fingerprint density at radius 1 is 0.316 bits per heavy atom. The summed E-state index contributed by atoms with van der Waals surface area (Å²) in [5.74, 6) is -9.65. The van der Waals surface area contributed by atoms with Gasteiger partial charge in [0, 0.05) is 75.8 Å². The zero-order valence-corrected chi connectivity index (χ0v) is 51.6. The minimum atomic E-state index is -1.45. The monoisotopic (exact) mass is 1290 g/mol. The highest BCUT2D eigenvalue weighted by Crippen LogP contribution is 2.42. The van der Waals surface area contributed by atoms with E-state index in [-0.39, 0.29) is 136 Å². The number of carboxylic acid groups (broad SMARTS) is 4. The number of carbonyl (C=O) groups excluding carboxylic acids is 2. The summed E-state index contributed by atoms with van der Waals surface area (Å²) < 4.78 is 13.4. The van der Waals surface area contributed by atoms with E-state index in [2.05, 4.69) is 16.0 Å². The average Bonchev–Trinajstić information content (AvgIpc) is 0.803. The Bertz CT molecular complexity index is 3780. The maximum atomic E-state index is 14.7. The Morgan fingerprint density at radius 2 is 0.547 bits per heavy atom. The number of phenols is 4. The number of nitrogens with zero attached hydrogens (tertiary/aromatic N) is 2. The van der Waals surface area contributed by atoms with Gasteiger partial charge in [-0.2, -0.15) is 10.1 Å². The second-order valence-electron chi connectivity index (χ2n) is 23.4. The molecule has 8 aromatic carbocycles. The van der Waals surface area contributed by atoms with Crippen LogP contribution in [-0.2, 0) is 38.5 Å². The number of aromatic carboxylic acids is 4. The number of carboxylic acids is 4. The van der Waals surface area contributed by atoms with Crippen LogP contribution < -0.4 is 35.6 Å². The van der Waals surface area contributed by atoms with Crippen molar-refractivity contribution in [1.29, 1.82) is 0 Å². The molecule has 13 N–H and O–H groups in total. The molecule has 95 heavy (non-hydrogen) atoms. The topological polar surface area (TPSA) is 366 Å². The lowest BCUT2D eigenvalue weighted by atomic mass is 9.88. The molecule has 0 aromatic heterocycles. The average molecular weight is 1290 g/mol. The van der Waals surface area contributed by atoms with E-state index in [0.717, 1.165) is 24.3 Å². The maximum absolute atomic E-state index is 14.7. The first-order chi connectivity index (χ1) is 45.7. The lowest BCUT2D eigenvalue weighted by Crippen LogP contribution is -2.33. The molecule has 23 nitrogen and oxygen atoms in total. The fraction of sp³-hybridized carbons (Fsp3) is 0.250. The molecule has 14 bridgehead atoms. The molecule has 0 fully saturated rings. The van der Waals surface area contributed by atoms with Crippen LogP contribution in [0.25, 0.3) is 0 Å². The molecule has 23 heteroatoms. The Balaban J connectivity index is 1.26. The van der Waals surface area contributed by atoms with Gasteiger partial charge < -0.3 is 66.3 Å². The van der Waals surface area contributed by atoms with Crippen LogP contribution in [-0.4, -0.2) is 139 Å².